The molecule has 1 N–H and O–H groups in total. The van der Waals surface area contributed by atoms with Gasteiger partial charge in [-0.2, -0.15) is 13.2 Å². The maximum atomic E-state index is 12.3. The Balaban J connectivity index is 3.47. The van der Waals surface area contributed by atoms with Gasteiger partial charge < -0.3 is 5.32 Å². The molecule has 0 fully saturated rings. The lowest BCUT2D eigenvalue weighted by Crippen LogP contribution is -2.49. The summed E-state index contributed by atoms with van der Waals surface area (Å²) in [5, 5.41) is 2.08. The normalized spacial score (nSPS) is 12.4. The van der Waals surface area contributed by atoms with Gasteiger partial charge >= 0.3 is 12.1 Å². The molecule has 2 nitrogen and oxygen atoms in total. The number of rotatable bonds is 15. The van der Waals surface area contributed by atoms with Crippen molar-refractivity contribution in [3.05, 3.63) is 0 Å². The monoisotopic (exact) mass is 365 g/mol. The van der Waals surface area contributed by atoms with E-state index in [1.165, 1.54) is 64.2 Å². The van der Waals surface area contributed by atoms with Crippen LogP contribution in [-0.2, 0) is 4.79 Å². The van der Waals surface area contributed by atoms with Crippen molar-refractivity contribution in [1.29, 1.82) is 0 Å². The van der Waals surface area contributed by atoms with E-state index in [-0.39, 0.29) is 0 Å². The smallest absolute Gasteiger partial charge is 0.343 e. The number of hydrogen-bond acceptors (Lipinski definition) is 1. The maximum absolute atomic E-state index is 12.3. The van der Waals surface area contributed by atoms with E-state index in [1.807, 2.05) is 0 Å². The van der Waals surface area contributed by atoms with Gasteiger partial charge in [0.15, 0.2) is 0 Å². The van der Waals surface area contributed by atoms with Gasteiger partial charge in [0.25, 0.3) is 0 Å². The maximum Gasteiger partial charge on any atom is 0.471 e. The summed E-state index contributed by atoms with van der Waals surface area (Å²) in [5.74, 6) is -1.84. The molecule has 0 unspecified atom stereocenters. The first-order valence-corrected chi connectivity index (χ1v) is 10.1. The van der Waals surface area contributed by atoms with E-state index in [4.69, 9.17) is 0 Å². The molecule has 0 radical (unpaired) electrons. The summed E-state index contributed by atoms with van der Waals surface area (Å²) < 4.78 is 36.8. The van der Waals surface area contributed by atoms with Gasteiger partial charge in [0, 0.05) is 5.54 Å². The molecule has 0 aromatic rings. The fourth-order valence-corrected chi connectivity index (χ4v) is 3.03. The van der Waals surface area contributed by atoms with Crippen LogP contribution < -0.4 is 5.32 Å². The number of nitrogens with one attached hydrogen (secondary N) is 1. The van der Waals surface area contributed by atoms with Gasteiger partial charge in [-0.05, 0) is 20.3 Å². The molecule has 0 rings (SSSR count). The molecular formula is C20H38F3NO. The summed E-state index contributed by atoms with van der Waals surface area (Å²) in [4.78, 5) is 11.0. The molecular weight excluding hydrogens is 327 g/mol. The zero-order chi connectivity index (χ0) is 19.2. The molecule has 0 heterocycles. The predicted molar refractivity (Wildman–Crippen MR) is 98.6 cm³/mol. The van der Waals surface area contributed by atoms with Gasteiger partial charge in [0.2, 0.25) is 0 Å². The molecule has 0 aliphatic rings. The van der Waals surface area contributed by atoms with E-state index in [1.54, 1.807) is 13.8 Å². The number of hydrogen-bond donors (Lipinski definition) is 1. The quantitative estimate of drug-likeness (QED) is 0.313. The second kappa shape index (κ2) is 13.5. The molecule has 150 valence electrons. The van der Waals surface area contributed by atoms with Crippen molar-refractivity contribution in [2.45, 2.75) is 122 Å². The van der Waals surface area contributed by atoms with Crippen LogP contribution in [0, 0.1) is 0 Å². The van der Waals surface area contributed by atoms with Gasteiger partial charge in [-0.15, -0.1) is 0 Å². The zero-order valence-electron chi connectivity index (χ0n) is 16.4. The van der Waals surface area contributed by atoms with E-state index in [9.17, 15) is 18.0 Å². The van der Waals surface area contributed by atoms with Gasteiger partial charge in [0.05, 0.1) is 0 Å². The standard InChI is InChI=1S/C20H38F3NO/c1-4-5-6-7-8-9-10-11-12-13-14-15-16-17-19(2,3)24-18(25)20(21,22)23/h4-17H2,1-3H3,(H,24,25). The highest BCUT2D eigenvalue weighted by molar-refractivity contribution is 5.82. The molecule has 0 aromatic heterocycles. The molecule has 0 saturated carbocycles. The van der Waals surface area contributed by atoms with Crippen LogP contribution in [0.15, 0.2) is 0 Å². The summed E-state index contributed by atoms with van der Waals surface area (Å²) >= 11 is 0. The SMILES string of the molecule is CCCCCCCCCCCCCCCC(C)(C)NC(=O)C(F)(F)F. The third-order valence-corrected chi connectivity index (χ3v) is 4.61. The Hall–Kier alpha value is -0.740. The third-order valence-electron chi connectivity index (χ3n) is 4.61. The summed E-state index contributed by atoms with van der Waals surface area (Å²) in [7, 11) is 0. The van der Waals surface area contributed by atoms with Crippen molar-refractivity contribution in [3.8, 4) is 0 Å². The molecule has 0 aliphatic heterocycles. The Morgan fingerprint density at radius 3 is 1.44 bits per heavy atom. The Morgan fingerprint density at radius 1 is 0.720 bits per heavy atom. The molecule has 0 atom stereocenters. The molecule has 0 spiro atoms. The first kappa shape index (κ1) is 24.3. The van der Waals surface area contributed by atoms with Crippen molar-refractivity contribution in [3.63, 3.8) is 0 Å². The van der Waals surface area contributed by atoms with Crippen molar-refractivity contribution >= 4 is 5.91 Å². The van der Waals surface area contributed by atoms with E-state index in [2.05, 4.69) is 12.2 Å². The number of carbonyl (C=O) groups is 1. The number of carbonyl (C=O) groups excluding carboxylic acids is 1. The summed E-state index contributed by atoms with van der Waals surface area (Å²) in [6, 6.07) is 0. The van der Waals surface area contributed by atoms with Crippen molar-refractivity contribution in [1.82, 2.24) is 5.32 Å². The zero-order valence-corrected chi connectivity index (χ0v) is 16.4. The van der Waals surface area contributed by atoms with E-state index < -0.39 is 17.6 Å². The largest absolute Gasteiger partial charge is 0.471 e. The highest BCUT2D eigenvalue weighted by Gasteiger charge is 2.41. The van der Waals surface area contributed by atoms with Crippen LogP contribution in [0.3, 0.4) is 0 Å². The van der Waals surface area contributed by atoms with Gasteiger partial charge in [-0.3, -0.25) is 4.79 Å². The van der Waals surface area contributed by atoms with Crippen LogP contribution >= 0.6 is 0 Å². The molecule has 0 bridgehead atoms. The summed E-state index contributed by atoms with van der Waals surface area (Å²) in [6.45, 7) is 5.54. The summed E-state index contributed by atoms with van der Waals surface area (Å²) in [6.07, 6.45) is 11.9. The lowest BCUT2D eigenvalue weighted by molar-refractivity contribution is -0.175. The van der Waals surface area contributed by atoms with Crippen molar-refractivity contribution < 1.29 is 18.0 Å². The lowest BCUT2D eigenvalue weighted by Gasteiger charge is -2.26. The van der Waals surface area contributed by atoms with E-state index in [0.29, 0.717) is 6.42 Å². The lowest BCUT2D eigenvalue weighted by atomic mass is 9.95. The average Bonchev–Trinajstić information content (AvgIpc) is 2.50. The fraction of sp³-hybridized carbons (Fsp3) is 0.950. The first-order chi connectivity index (χ1) is 11.7. The third kappa shape index (κ3) is 15.2. The van der Waals surface area contributed by atoms with Crippen LogP contribution in [0.25, 0.3) is 0 Å². The molecule has 5 heteroatoms. The van der Waals surface area contributed by atoms with Crippen LogP contribution in [-0.4, -0.2) is 17.6 Å². The number of alkyl halides is 3. The Morgan fingerprint density at radius 2 is 1.08 bits per heavy atom. The minimum absolute atomic E-state index is 0.576. The minimum atomic E-state index is -4.80. The second-order valence-electron chi connectivity index (χ2n) is 7.83. The Kier molecular flexibility index (Phi) is 13.1. The average molecular weight is 366 g/mol. The molecule has 0 aromatic carbocycles. The number of halogens is 3. The minimum Gasteiger partial charge on any atom is -0.343 e. The van der Waals surface area contributed by atoms with Crippen LogP contribution in [0.4, 0.5) is 13.2 Å². The number of amides is 1. The highest BCUT2D eigenvalue weighted by Crippen LogP contribution is 2.20. The van der Waals surface area contributed by atoms with Gasteiger partial charge in [0.1, 0.15) is 0 Å². The number of unbranched alkanes of at least 4 members (excludes halogenated alkanes) is 12. The Labute approximate surface area is 152 Å². The van der Waals surface area contributed by atoms with Crippen LogP contribution in [0.2, 0.25) is 0 Å². The van der Waals surface area contributed by atoms with Gasteiger partial charge in [-0.25, -0.2) is 0 Å². The van der Waals surface area contributed by atoms with Crippen LogP contribution in [0.1, 0.15) is 111 Å². The van der Waals surface area contributed by atoms with Gasteiger partial charge in [-0.1, -0.05) is 90.4 Å². The van der Waals surface area contributed by atoms with Crippen LogP contribution in [0.5, 0.6) is 0 Å². The molecule has 1 amide bonds. The molecule has 25 heavy (non-hydrogen) atoms. The fourth-order valence-electron chi connectivity index (χ4n) is 3.03. The first-order valence-electron chi connectivity index (χ1n) is 10.1. The topological polar surface area (TPSA) is 29.1 Å². The van der Waals surface area contributed by atoms with Crippen molar-refractivity contribution in [2.75, 3.05) is 0 Å². The van der Waals surface area contributed by atoms with E-state index in [0.717, 1.165) is 19.3 Å². The highest BCUT2D eigenvalue weighted by atomic mass is 19.4. The molecule has 0 aliphatic carbocycles. The summed E-state index contributed by atoms with van der Waals surface area (Å²) in [5.41, 5.74) is -0.801. The predicted octanol–water partition coefficient (Wildman–Crippen LogP) is 6.92. The van der Waals surface area contributed by atoms with Crippen molar-refractivity contribution in [2.24, 2.45) is 0 Å². The second-order valence-corrected chi connectivity index (χ2v) is 7.83. The van der Waals surface area contributed by atoms with E-state index >= 15 is 0 Å². The Bertz CT molecular complexity index is 340. The molecule has 0 saturated heterocycles.